The lowest BCUT2D eigenvalue weighted by atomic mass is 10.00. The molecule has 25 heavy (non-hydrogen) atoms. The highest BCUT2D eigenvalue weighted by Crippen LogP contribution is 2.23. The molecule has 0 bridgehead atoms. The fraction of sp³-hybridized carbons (Fsp3) is 0.375. The monoisotopic (exact) mass is 364 g/mol. The summed E-state index contributed by atoms with van der Waals surface area (Å²) < 4.78 is 24.0. The van der Waals surface area contributed by atoms with Crippen molar-refractivity contribution in [3.05, 3.63) is 42.2 Å². The number of primary sulfonamides is 1. The van der Waals surface area contributed by atoms with Gasteiger partial charge in [0, 0.05) is 13.1 Å². The maximum absolute atomic E-state index is 12.7. The summed E-state index contributed by atoms with van der Waals surface area (Å²) in [6.07, 6.45) is 2.77. The Balaban J connectivity index is 1.78. The quantitative estimate of drug-likeness (QED) is 0.828. The van der Waals surface area contributed by atoms with Crippen molar-refractivity contribution in [2.45, 2.75) is 12.8 Å². The molecule has 134 valence electrons. The Bertz CT molecular complexity index is 864. The van der Waals surface area contributed by atoms with E-state index in [9.17, 15) is 18.3 Å². The van der Waals surface area contributed by atoms with Gasteiger partial charge in [0.25, 0.3) is 5.91 Å². The Morgan fingerprint density at radius 1 is 1.32 bits per heavy atom. The molecule has 1 fully saturated rings. The Labute approximate surface area is 145 Å². The minimum absolute atomic E-state index is 0.0416. The molecule has 1 amide bonds. The molecule has 1 atom stereocenters. The molecule has 1 unspecified atom stereocenters. The highest BCUT2D eigenvalue weighted by molar-refractivity contribution is 7.89. The van der Waals surface area contributed by atoms with Gasteiger partial charge >= 0.3 is 0 Å². The Hall–Kier alpha value is -2.39. The zero-order chi connectivity index (χ0) is 18.0. The van der Waals surface area contributed by atoms with E-state index in [1.54, 1.807) is 0 Å². The van der Waals surface area contributed by atoms with Gasteiger partial charge in [-0.05, 0) is 30.9 Å². The molecule has 0 aliphatic carbocycles. The van der Waals surface area contributed by atoms with Crippen LogP contribution in [0.4, 0.5) is 0 Å². The van der Waals surface area contributed by atoms with Crippen LogP contribution in [-0.2, 0) is 10.0 Å². The summed E-state index contributed by atoms with van der Waals surface area (Å²) in [5, 5.41) is 19.4. The van der Waals surface area contributed by atoms with Crippen molar-refractivity contribution in [3.8, 4) is 11.4 Å². The molecule has 1 aromatic carbocycles. The third-order valence-electron chi connectivity index (χ3n) is 4.19. The molecule has 9 heteroatoms. The predicted octanol–water partition coefficient (Wildman–Crippen LogP) is 0.719. The first-order valence-corrected chi connectivity index (χ1v) is 9.69. The number of benzene rings is 1. The van der Waals surface area contributed by atoms with E-state index in [0.29, 0.717) is 19.4 Å². The van der Waals surface area contributed by atoms with Crippen molar-refractivity contribution in [3.63, 3.8) is 0 Å². The van der Waals surface area contributed by atoms with E-state index in [2.05, 4.69) is 5.10 Å². The topological polar surface area (TPSA) is 119 Å². The van der Waals surface area contributed by atoms with Crippen LogP contribution in [-0.4, -0.2) is 53.0 Å². The van der Waals surface area contributed by atoms with Crippen molar-refractivity contribution in [1.29, 1.82) is 0 Å². The van der Waals surface area contributed by atoms with Crippen molar-refractivity contribution in [2.75, 3.05) is 18.8 Å². The first-order chi connectivity index (χ1) is 11.8. The second-order valence-corrected chi connectivity index (χ2v) is 7.89. The third-order valence-corrected chi connectivity index (χ3v) is 5.13. The summed E-state index contributed by atoms with van der Waals surface area (Å²) in [5.41, 5.74) is 0.683. The minimum atomic E-state index is -3.58. The average Bonchev–Trinajstić information content (AvgIpc) is 2.95. The summed E-state index contributed by atoms with van der Waals surface area (Å²) in [7, 11) is -3.58. The van der Waals surface area contributed by atoms with Crippen LogP contribution in [0.25, 0.3) is 5.69 Å². The number of para-hydroxylation sites is 1. The molecule has 1 saturated heterocycles. The molecule has 1 aromatic heterocycles. The minimum Gasteiger partial charge on any atom is -0.504 e. The van der Waals surface area contributed by atoms with Crippen molar-refractivity contribution in [1.82, 2.24) is 14.7 Å². The van der Waals surface area contributed by atoms with E-state index in [1.165, 1.54) is 15.8 Å². The van der Waals surface area contributed by atoms with Gasteiger partial charge in [-0.1, -0.05) is 18.2 Å². The molecule has 2 aromatic rings. The number of nitrogens with zero attached hydrogens (tertiary/aromatic N) is 3. The largest absolute Gasteiger partial charge is 0.504 e. The number of carbonyl (C=O) groups is 1. The number of likely N-dealkylation sites (tertiary alicyclic amines) is 1. The number of aromatic hydroxyl groups is 1. The van der Waals surface area contributed by atoms with E-state index in [1.807, 2.05) is 30.3 Å². The lowest BCUT2D eigenvalue weighted by Crippen LogP contribution is -2.42. The lowest BCUT2D eigenvalue weighted by molar-refractivity contribution is 0.0675. The van der Waals surface area contributed by atoms with Gasteiger partial charge in [-0.15, -0.1) is 0 Å². The van der Waals surface area contributed by atoms with Crippen molar-refractivity contribution >= 4 is 15.9 Å². The smallest absolute Gasteiger partial charge is 0.278 e. The molecule has 2 heterocycles. The fourth-order valence-corrected chi connectivity index (χ4v) is 4.02. The number of nitrogens with two attached hydrogens (primary N) is 1. The summed E-state index contributed by atoms with van der Waals surface area (Å²) in [4.78, 5) is 14.2. The molecule has 1 aliphatic heterocycles. The van der Waals surface area contributed by atoms with Crippen LogP contribution in [0.5, 0.6) is 5.75 Å². The summed E-state index contributed by atoms with van der Waals surface area (Å²) >= 11 is 0. The first kappa shape index (κ1) is 17.4. The normalized spacial score (nSPS) is 18.3. The first-order valence-electron chi connectivity index (χ1n) is 7.97. The predicted molar refractivity (Wildman–Crippen MR) is 91.8 cm³/mol. The summed E-state index contributed by atoms with van der Waals surface area (Å²) in [5.74, 6) is -0.971. The van der Waals surface area contributed by atoms with Gasteiger partial charge in [-0.2, -0.15) is 5.10 Å². The van der Waals surface area contributed by atoms with Crippen LogP contribution in [0.3, 0.4) is 0 Å². The number of carbonyl (C=O) groups excluding carboxylic acids is 1. The molecular formula is C16H20N4O4S. The second kappa shape index (κ2) is 6.85. The van der Waals surface area contributed by atoms with E-state index < -0.39 is 15.9 Å². The van der Waals surface area contributed by atoms with Gasteiger partial charge in [0.15, 0.2) is 11.4 Å². The summed E-state index contributed by atoms with van der Waals surface area (Å²) in [6, 6.07) is 9.14. The SMILES string of the molecule is NS(=O)(=O)CC1CCCN(C(=O)c2nn(-c3ccccc3)cc2O)C1. The molecule has 8 nitrogen and oxygen atoms in total. The van der Waals surface area contributed by atoms with Crippen LogP contribution < -0.4 is 5.14 Å². The fourth-order valence-electron chi connectivity index (χ4n) is 3.09. The van der Waals surface area contributed by atoms with Crippen molar-refractivity contribution < 1.29 is 18.3 Å². The molecular weight excluding hydrogens is 344 g/mol. The van der Waals surface area contributed by atoms with Crippen LogP contribution in [0.15, 0.2) is 36.5 Å². The number of piperidine rings is 1. The number of sulfonamides is 1. The molecule has 1 aliphatic rings. The molecule has 3 N–H and O–H groups in total. The molecule has 0 radical (unpaired) electrons. The van der Waals surface area contributed by atoms with Crippen LogP contribution in [0.1, 0.15) is 23.3 Å². The van der Waals surface area contributed by atoms with Gasteiger partial charge < -0.3 is 10.0 Å². The van der Waals surface area contributed by atoms with E-state index >= 15 is 0 Å². The van der Waals surface area contributed by atoms with Gasteiger partial charge in [0.2, 0.25) is 10.0 Å². The van der Waals surface area contributed by atoms with E-state index in [-0.39, 0.29) is 29.7 Å². The van der Waals surface area contributed by atoms with Crippen LogP contribution in [0, 0.1) is 5.92 Å². The van der Waals surface area contributed by atoms with Crippen LogP contribution in [0.2, 0.25) is 0 Å². The zero-order valence-electron chi connectivity index (χ0n) is 13.6. The maximum Gasteiger partial charge on any atom is 0.278 e. The standard InChI is InChI=1S/C16H20N4O4S/c17-25(23,24)11-12-5-4-8-19(9-12)16(22)15-14(21)10-20(18-15)13-6-2-1-3-7-13/h1-3,6-7,10,12,21H,4-5,8-9,11H2,(H2,17,23,24). The zero-order valence-corrected chi connectivity index (χ0v) is 14.4. The molecule has 0 spiro atoms. The maximum atomic E-state index is 12.7. The summed E-state index contributed by atoms with van der Waals surface area (Å²) in [6.45, 7) is 0.782. The van der Waals surface area contributed by atoms with Gasteiger partial charge in [-0.25, -0.2) is 18.2 Å². The number of rotatable bonds is 4. The number of aromatic nitrogens is 2. The van der Waals surface area contributed by atoms with Crippen molar-refractivity contribution in [2.24, 2.45) is 11.1 Å². The Morgan fingerprint density at radius 3 is 2.72 bits per heavy atom. The van der Waals surface area contributed by atoms with Gasteiger partial charge in [0.1, 0.15) is 0 Å². The van der Waals surface area contributed by atoms with Gasteiger partial charge in [0.05, 0.1) is 17.6 Å². The lowest BCUT2D eigenvalue weighted by Gasteiger charge is -2.31. The van der Waals surface area contributed by atoms with E-state index in [4.69, 9.17) is 5.14 Å². The number of amides is 1. The highest BCUT2D eigenvalue weighted by Gasteiger charge is 2.29. The molecule has 0 saturated carbocycles. The Morgan fingerprint density at radius 2 is 2.04 bits per heavy atom. The van der Waals surface area contributed by atoms with E-state index in [0.717, 1.165) is 5.69 Å². The average molecular weight is 364 g/mol. The second-order valence-electron chi connectivity index (χ2n) is 6.23. The van der Waals surface area contributed by atoms with Crippen LogP contribution >= 0.6 is 0 Å². The van der Waals surface area contributed by atoms with Gasteiger partial charge in [-0.3, -0.25) is 4.79 Å². The third kappa shape index (κ3) is 4.18. The number of hydrogen-bond acceptors (Lipinski definition) is 5. The highest BCUT2D eigenvalue weighted by atomic mass is 32.2. The molecule has 3 rings (SSSR count). The Kier molecular flexibility index (Phi) is 4.78. The number of hydrogen-bond donors (Lipinski definition) is 2.